The maximum absolute atomic E-state index is 12.7. The summed E-state index contributed by atoms with van der Waals surface area (Å²) in [6.45, 7) is 6.11. The molecule has 1 N–H and O–H groups in total. The molecule has 1 amide bonds. The van der Waals surface area contributed by atoms with Crippen molar-refractivity contribution < 1.29 is 4.79 Å². The number of fused-ring (bicyclic) bond motifs is 1. The number of hydrogen-bond donors (Lipinski definition) is 1. The summed E-state index contributed by atoms with van der Waals surface area (Å²) >= 11 is 2.68. The van der Waals surface area contributed by atoms with E-state index in [2.05, 4.69) is 30.2 Å². The topological polar surface area (TPSA) is 64.0 Å². The summed E-state index contributed by atoms with van der Waals surface area (Å²) in [6, 6.07) is 9.73. The highest BCUT2D eigenvalue weighted by Gasteiger charge is 2.20. The quantitative estimate of drug-likeness (QED) is 0.483. The van der Waals surface area contributed by atoms with Crippen LogP contribution in [-0.4, -0.2) is 20.7 Å². The number of carbonyl (C=O) groups is 1. The van der Waals surface area contributed by atoms with Gasteiger partial charge in [-0.15, -0.1) is 11.3 Å². The predicted octanol–water partition coefficient (Wildman–Crippen LogP) is 4.63. The Bertz CT molecular complexity index is 1030. The van der Waals surface area contributed by atoms with Crippen LogP contribution in [0.2, 0.25) is 0 Å². The lowest BCUT2D eigenvalue weighted by Gasteiger charge is -2.18. The van der Waals surface area contributed by atoms with Crippen molar-refractivity contribution in [2.45, 2.75) is 43.5 Å². The Morgan fingerprint density at radius 1 is 1.30 bits per heavy atom. The molecule has 0 fully saturated rings. The van der Waals surface area contributed by atoms with Crippen LogP contribution in [0.5, 0.6) is 0 Å². The van der Waals surface area contributed by atoms with E-state index in [4.69, 9.17) is 0 Å². The lowest BCUT2D eigenvalue weighted by Crippen LogP contribution is -2.25. The van der Waals surface area contributed by atoms with Gasteiger partial charge in [0.1, 0.15) is 4.70 Å². The van der Waals surface area contributed by atoms with Gasteiger partial charge in [-0.2, -0.15) is 0 Å². The van der Waals surface area contributed by atoms with Crippen molar-refractivity contribution in [3.8, 4) is 0 Å². The molecule has 2 aromatic heterocycles. The van der Waals surface area contributed by atoms with E-state index in [0.29, 0.717) is 21.3 Å². The van der Waals surface area contributed by atoms with Crippen molar-refractivity contribution in [3.63, 3.8) is 0 Å². The minimum atomic E-state index is -0.385. The molecule has 0 saturated heterocycles. The van der Waals surface area contributed by atoms with Gasteiger partial charge in [-0.05, 0) is 42.3 Å². The van der Waals surface area contributed by atoms with Gasteiger partial charge in [0.25, 0.3) is 5.56 Å². The van der Waals surface area contributed by atoms with Gasteiger partial charge in [0.05, 0.1) is 10.8 Å². The van der Waals surface area contributed by atoms with Crippen LogP contribution in [0.3, 0.4) is 0 Å². The maximum atomic E-state index is 12.7. The third-order valence-electron chi connectivity index (χ3n) is 4.66. The largest absolute Gasteiger partial charge is 0.325 e. The summed E-state index contributed by atoms with van der Waals surface area (Å²) in [5.74, 6) is 0.267. The van der Waals surface area contributed by atoms with Crippen LogP contribution in [0.25, 0.3) is 10.2 Å². The van der Waals surface area contributed by atoms with Crippen LogP contribution >= 0.6 is 23.1 Å². The molecule has 0 bridgehead atoms. The highest BCUT2D eigenvalue weighted by molar-refractivity contribution is 8.00. The van der Waals surface area contributed by atoms with Gasteiger partial charge in [-0.1, -0.05) is 43.8 Å². The van der Waals surface area contributed by atoms with E-state index >= 15 is 0 Å². The van der Waals surface area contributed by atoms with Crippen LogP contribution in [0.1, 0.15) is 38.7 Å². The molecule has 3 aromatic rings. The summed E-state index contributed by atoms with van der Waals surface area (Å²) in [7, 11) is 1.69. The van der Waals surface area contributed by atoms with Gasteiger partial charge >= 0.3 is 0 Å². The lowest BCUT2D eigenvalue weighted by atomic mass is 9.97. The second-order valence-electron chi connectivity index (χ2n) is 6.54. The van der Waals surface area contributed by atoms with Crippen LogP contribution in [0, 0.1) is 0 Å². The van der Waals surface area contributed by atoms with E-state index in [9.17, 15) is 9.59 Å². The average Bonchev–Trinajstić information content (AvgIpc) is 3.14. The van der Waals surface area contributed by atoms with Crippen molar-refractivity contribution in [3.05, 3.63) is 51.6 Å². The van der Waals surface area contributed by atoms with E-state index in [1.54, 1.807) is 7.05 Å². The molecule has 3 rings (SSSR count). The molecule has 5 nitrogen and oxygen atoms in total. The first-order valence-corrected chi connectivity index (χ1v) is 10.7. The number of aromatic nitrogens is 2. The first kappa shape index (κ1) is 19.6. The summed E-state index contributed by atoms with van der Waals surface area (Å²) < 4.78 is 2.15. The van der Waals surface area contributed by atoms with Gasteiger partial charge < -0.3 is 5.32 Å². The summed E-state index contributed by atoms with van der Waals surface area (Å²) in [6.07, 6.45) is 1.00. The number of thioether (sulfide) groups is 1. The van der Waals surface area contributed by atoms with Crippen molar-refractivity contribution in [1.82, 2.24) is 9.55 Å². The Morgan fingerprint density at radius 2 is 2.04 bits per heavy atom. The molecule has 7 heteroatoms. The minimum absolute atomic E-state index is 0.0766. The number of rotatable bonds is 6. The number of thiophene rings is 1. The molecule has 2 atom stereocenters. The average molecular weight is 402 g/mol. The highest BCUT2D eigenvalue weighted by Crippen LogP contribution is 2.28. The van der Waals surface area contributed by atoms with Crippen LogP contribution in [0.15, 0.2) is 45.7 Å². The zero-order valence-electron chi connectivity index (χ0n) is 15.9. The molecule has 0 saturated carbocycles. The van der Waals surface area contributed by atoms with E-state index in [0.717, 1.165) is 17.7 Å². The van der Waals surface area contributed by atoms with Crippen molar-refractivity contribution in [1.29, 1.82) is 0 Å². The summed E-state index contributed by atoms with van der Waals surface area (Å²) in [5, 5.41) is 5.06. The van der Waals surface area contributed by atoms with Crippen molar-refractivity contribution in [2.24, 2.45) is 7.05 Å². The fourth-order valence-electron chi connectivity index (χ4n) is 2.78. The molecule has 2 unspecified atom stereocenters. The minimum Gasteiger partial charge on any atom is -0.325 e. The molecular formula is C20H23N3O2S2. The van der Waals surface area contributed by atoms with Crippen molar-refractivity contribution in [2.75, 3.05) is 5.32 Å². The van der Waals surface area contributed by atoms with Gasteiger partial charge in [0, 0.05) is 12.7 Å². The van der Waals surface area contributed by atoms with Gasteiger partial charge in [-0.25, -0.2) is 4.98 Å². The zero-order valence-corrected chi connectivity index (χ0v) is 17.5. The molecule has 1 aromatic carbocycles. The first-order chi connectivity index (χ1) is 12.9. The van der Waals surface area contributed by atoms with Crippen molar-refractivity contribution >= 4 is 44.9 Å². The summed E-state index contributed by atoms with van der Waals surface area (Å²) in [5.41, 5.74) is 2.59. The second kappa shape index (κ2) is 8.27. The standard InChI is InChI=1S/C20H23N3O2S2/c1-5-12(2)14-8-6-7-9-15(14)21-18(24)13(3)27-20-22-16-10-11-26-17(16)19(25)23(20)4/h6-13H,5H2,1-4H3,(H,21,24). The molecule has 142 valence electrons. The van der Waals surface area contributed by atoms with E-state index < -0.39 is 0 Å². The lowest BCUT2D eigenvalue weighted by molar-refractivity contribution is -0.115. The normalized spacial score (nSPS) is 13.5. The number of para-hydroxylation sites is 1. The Hall–Kier alpha value is -2.12. The monoisotopic (exact) mass is 401 g/mol. The van der Waals surface area contributed by atoms with Gasteiger partial charge in [0.2, 0.25) is 5.91 Å². The van der Waals surface area contributed by atoms with Crippen LogP contribution in [0.4, 0.5) is 5.69 Å². The first-order valence-electron chi connectivity index (χ1n) is 8.93. The third kappa shape index (κ3) is 4.09. The molecular weight excluding hydrogens is 378 g/mol. The molecule has 0 radical (unpaired) electrons. The number of nitrogens with one attached hydrogen (secondary N) is 1. The van der Waals surface area contributed by atoms with Gasteiger partial charge in [0.15, 0.2) is 5.16 Å². The zero-order chi connectivity index (χ0) is 19.6. The Balaban J connectivity index is 1.79. The Kier molecular flexibility index (Phi) is 6.01. The maximum Gasteiger partial charge on any atom is 0.271 e. The SMILES string of the molecule is CCC(C)c1ccccc1NC(=O)C(C)Sc1nc2ccsc2c(=O)n1C. The van der Waals surface area contributed by atoms with E-state index in [1.807, 2.05) is 36.6 Å². The Morgan fingerprint density at radius 3 is 2.78 bits per heavy atom. The number of carbonyl (C=O) groups excluding carboxylic acids is 1. The molecule has 0 aliphatic carbocycles. The number of nitrogens with zero attached hydrogens (tertiary/aromatic N) is 2. The molecule has 2 heterocycles. The third-order valence-corrected chi connectivity index (χ3v) is 6.69. The highest BCUT2D eigenvalue weighted by atomic mass is 32.2. The molecule has 0 aliphatic rings. The molecule has 0 aliphatic heterocycles. The van der Waals surface area contributed by atoms with Crippen LogP contribution < -0.4 is 10.9 Å². The number of anilines is 1. The predicted molar refractivity (Wildman–Crippen MR) is 114 cm³/mol. The van der Waals surface area contributed by atoms with Crippen LogP contribution in [-0.2, 0) is 11.8 Å². The van der Waals surface area contributed by atoms with E-state index in [1.165, 1.54) is 27.7 Å². The fraction of sp³-hybridized carbons (Fsp3) is 0.350. The fourth-order valence-corrected chi connectivity index (χ4v) is 4.46. The van der Waals surface area contributed by atoms with Gasteiger partial charge in [-0.3, -0.25) is 14.2 Å². The number of benzene rings is 1. The number of amides is 1. The second-order valence-corrected chi connectivity index (χ2v) is 8.76. The molecule has 27 heavy (non-hydrogen) atoms. The summed E-state index contributed by atoms with van der Waals surface area (Å²) in [4.78, 5) is 29.7. The van der Waals surface area contributed by atoms with E-state index in [-0.39, 0.29) is 16.7 Å². The molecule has 0 spiro atoms. The Labute approximate surface area is 166 Å². The number of hydrogen-bond acceptors (Lipinski definition) is 5. The smallest absolute Gasteiger partial charge is 0.271 e.